The quantitative estimate of drug-likeness (QED) is 0.674. The Labute approximate surface area is 81.6 Å². The zero-order valence-corrected chi connectivity index (χ0v) is 9.35. The molecule has 0 bridgehead atoms. The second-order valence-electron chi connectivity index (χ2n) is 4.98. The summed E-state index contributed by atoms with van der Waals surface area (Å²) in [6.45, 7) is 10.2. The van der Waals surface area contributed by atoms with Crippen molar-refractivity contribution in [3.05, 3.63) is 0 Å². The molecule has 0 aromatic rings. The molecule has 13 heavy (non-hydrogen) atoms. The van der Waals surface area contributed by atoms with E-state index in [2.05, 4.69) is 27.7 Å². The Balaban J connectivity index is 2.37. The minimum absolute atomic E-state index is 0.186. The second-order valence-corrected chi connectivity index (χ2v) is 4.98. The van der Waals surface area contributed by atoms with Gasteiger partial charge >= 0.3 is 0 Å². The van der Waals surface area contributed by atoms with Crippen LogP contribution < -0.4 is 0 Å². The summed E-state index contributed by atoms with van der Waals surface area (Å²) in [7, 11) is 0. The fraction of sp³-hybridized carbons (Fsp3) is 1.00. The third-order valence-electron chi connectivity index (χ3n) is 2.52. The minimum Gasteiger partial charge on any atom is -0.350 e. The Hall–Kier alpha value is -0.0800. The molecule has 78 valence electrons. The minimum atomic E-state index is -0.314. The molecule has 0 aromatic heterocycles. The van der Waals surface area contributed by atoms with E-state index in [9.17, 15) is 0 Å². The van der Waals surface area contributed by atoms with Gasteiger partial charge in [0.2, 0.25) is 0 Å². The summed E-state index contributed by atoms with van der Waals surface area (Å²) in [4.78, 5) is 0. The van der Waals surface area contributed by atoms with Crippen LogP contribution in [0.4, 0.5) is 0 Å². The van der Waals surface area contributed by atoms with Crippen molar-refractivity contribution < 1.29 is 9.47 Å². The van der Waals surface area contributed by atoms with Crippen LogP contribution in [-0.4, -0.2) is 19.0 Å². The second kappa shape index (κ2) is 3.97. The van der Waals surface area contributed by atoms with E-state index in [0.717, 1.165) is 19.6 Å². The molecular formula is C11H22O2. The van der Waals surface area contributed by atoms with Crippen molar-refractivity contribution >= 4 is 0 Å². The van der Waals surface area contributed by atoms with Gasteiger partial charge in [-0.05, 0) is 13.3 Å². The van der Waals surface area contributed by atoms with Crippen LogP contribution in [-0.2, 0) is 9.47 Å². The molecule has 0 amide bonds. The van der Waals surface area contributed by atoms with Gasteiger partial charge in [-0.25, -0.2) is 0 Å². The number of rotatable bonds is 3. The maximum Gasteiger partial charge on any atom is 0.165 e. The van der Waals surface area contributed by atoms with Crippen molar-refractivity contribution in [1.29, 1.82) is 0 Å². The van der Waals surface area contributed by atoms with Crippen molar-refractivity contribution in [2.45, 2.75) is 52.7 Å². The highest BCUT2D eigenvalue weighted by molar-refractivity contribution is 4.76. The molecule has 0 saturated carbocycles. The number of hydrogen-bond donors (Lipinski definition) is 0. The van der Waals surface area contributed by atoms with E-state index in [0.29, 0.717) is 0 Å². The number of unbranched alkanes of at least 4 members (excludes halogenated alkanes) is 1. The van der Waals surface area contributed by atoms with Gasteiger partial charge in [0.25, 0.3) is 0 Å². The van der Waals surface area contributed by atoms with Gasteiger partial charge < -0.3 is 9.47 Å². The van der Waals surface area contributed by atoms with Gasteiger partial charge in [0, 0.05) is 11.8 Å². The number of ether oxygens (including phenoxy) is 2. The zero-order chi connectivity index (χ0) is 9.95. The average Bonchev–Trinajstić information content (AvgIpc) is 2.08. The third-order valence-corrected chi connectivity index (χ3v) is 2.52. The van der Waals surface area contributed by atoms with Crippen molar-refractivity contribution in [1.82, 2.24) is 0 Å². The summed E-state index contributed by atoms with van der Waals surface area (Å²) >= 11 is 0. The lowest BCUT2D eigenvalue weighted by Gasteiger charge is -2.41. The van der Waals surface area contributed by atoms with Crippen molar-refractivity contribution in [2.24, 2.45) is 5.41 Å². The maximum absolute atomic E-state index is 5.76. The zero-order valence-electron chi connectivity index (χ0n) is 9.35. The molecule has 0 aliphatic carbocycles. The molecule has 0 spiro atoms. The monoisotopic (exact) mass is 186 g/mol. The van der Waals surface area contributed by atoms with Gasteiger partial charge in [0.05, 0.1) is 13.2 Å². The SMILES string of the molecule is CCCCC1(C)OCC(C)(C)CO1. The van der Waals surface area contributed by atoms with Gasteiger partial charge in [-0.2, -0.15) is 0 Å². The van der Waals surface area contributed by atoms with Crippen LogP contribution in [0.2, 0.25) is 0 Å². The Bertz CT molecular complexity index is 153. The van der Waals surface area contributed by atoms with E-state index in [1.165, 1.54) is 12.8 Å². The molecule has 0 atom stereocenters. The summed E-state index contributed by atoms with van der Waals surface area (Å²) in [5, 5.41) is 0. The van der Waals surface area contributed by atoms with E-state index < -0.39 is 0 Å². The highest BCUT2D eigenvalue weighted by Gasteiger charge is 2.35. The Morgan fingerprint density at radius 3 is 2.08 bits per heavy atom. The molecular weight excluding hydrogens is 164 g/mol. The predicted molar refractivity (Wildman–Crippen MR) is 53.6 cm³/mol. The van der Waals surface area contributed by atoms with Crippen LogP contribution in [0.5, 0.6) is 0 Å². The molecule has 0 N–H and O–H groups in total. The molecule has 1 fully saturated rings. The lowest BCUT2D eigenvalue weighted by Crippen LogP contribution is -2.45. The normalized spacial score (nSPS) is 25.8. The van der Waals surface area contributed by atoms with Crippen LogP contribution >= 0.6 is 0 Å². The Morgan fingerprint density at radius 2 is 1.62 bits per heavy atom. The van der Waals surface area contributed by atoms with E-state index in [4.69, 9.17) is 9.47 Å². The fourth-order valence-electron chi connectivity index (χ4n) is 1.42. The summed E-state index contributed by atoms with van der Waals surface area (Å²) < 4.78 is 11.5. The molecule has 2 nitrogen and oxygen atoms in total. The molecule has 1 aliphatic rings. The third kappa shape index (κ3) is 3.28. The lowest BCUT2D eigenvalue weighted by molar-refractivity contribution is -0.292. The van der Waals surface area contributed by atoms with Gasteiger partial charge in [0.1, 0.15) is 0 Å². The summed E-state index contributed by atoms with van der Waals surface area (Å²) in [5.41, 5.74) is 0.186. The van der Waals surface area contributed by atoms with Gasteiger partial charge in [-0.3, -0.25) is 0 Å². The van der Waals surface area contributed by atoms with Crippen LogP contribution in [0.25, 0.3) is 0 Å². The van der Waals surface area contributed by atoms with Crippen molar-refractivity contribution in [3.8, 4) is 0 Å². The van der Waals surface area contributed by atoms with Crippen molar-refractivity contribution in [3.63, 3.8) is 0 Å². The molecule has 0 unspecified atom stereocenters. The van der Waals surface area contributed by atoms with Crippen LogP contribution in [0.1, 0.15) is 47.0 Å². The Morgan fingerprint density at radius 1 is 1.08 bits per heavy atom. The summed E-state index contributed by atoms with van der Waals surface area (Å²) in [6, 6.07) is 0. The maximum atomic E-state index is 5.76. The highest BCUT2D eigenvalue weighted by Crippen LogP contribution is 2.31. The lowest BCUT2D eigenvalue weighted by atomic mass is 9.94. The molecule has 1 saturated heterocycles. The van der Waals surface area contributed by atoms with Crippen LogP contribution in [0.15, 0.2) is 0 Å². The van der Waals surface area contributed by atoms with E-state index in [1.54, 1.807) is 0 Å². The predicted octanol–water partition coefficient (Wildman–Crippen LogP) is 2.97. The first-order valence-electron chi connectivity index (χ1n) is 5.25. The van der Waals surface area contributed by atoms with Crippen LogP contribution in [0, 0.1) is 5.41 Å². The topological polar surface area (TPSA) is 18.5 Å². The fourth-order valence-corrected chi connectivity index (χ4v) is 1.42. The first kappa shape index (κ1) is 11.0. The molecule has 1 heterocycles. The molecule has 2 heteroatoms. The first-order valence-corrected chi connectivity index (χ1v) is 5.25. The standard InChI is InChI=1S/C11H22O2/c1-5-6-7-11(4)12-8-10(2,3)9-13-11/h5-9H2,1-4H3. The van der Waals surface area contributed by atoms with Gasteiger partial charge in [-0.1, -0.05) is 27.2 Å². The smallest absolute Gasteiger partial charge is 0.165 e. The molecule has 1 rings (SSSR count). The van der Waals surface area contributed by atoms with Gasteiger partial charge in [0.15, 0.2) is 5.79 Å². The summed E-state index contributed by atoms with van der Waals surface area (Å²) in [6.07, 6.45) is 3.39. The highest BCUT2D eigenvalue weighted by atomic mass is 16.7. The molecule has 1 aliphatic heterocycles. The van der Waals surface area contributed by atoms with E-state index in [-0.39, 0.29) is 11.2 Å². The molecule has 0 radical (unpaired) electrons. The Kier molecular flexibility index (Phi) is 3.36. The van der Waals surface area contributed by atoms with E-state index >= 15 is 0 Å². The average molecular weight is 186 g/mol. The molecule has 0 aromatic carbocycles. The summed E-state index contributed by atoms with van der Waals surface area (Å²) in [5.74, 6) is -0.314. The first-order chi connectivity index (χ1) is 5.97. The van der Waals surface area contributed by atoms with E-state index in [1.807, 2.05) is 0 Å². The van der Waals surface area contributed by atoms with Gasteiger partial charge in [-0.15, -0.1) is 0 Å². The van der Waals surface area contributed by atoms with Crippen LogP contribution in [0.3, 0.4) is 0 Å². The largest absolute Gasteiger partial charge is 0.350 e. The van der Waals surface area contributed by atoms with Crippen molar-refractivity contribution in [2.75, 3.05) is 13.2 Å². The number of hydrogen-bond acceptors (Lipinski definition) is 2.